The van der Waals surface area contributed by atoms with Gasteiger partial charge in [0.25, 0.3) is 0 Å². The number of benzene rings is 6. The zero-order valence-corrected chi connectivity index (χ0v) is 28.6. The Kier molecular flexibility index (Phi) is 9.78. The monoisotopic (exact) mass is 781 g/mol. The summed E-state index contributed by atoms with van der Waals surface area (Å²) in [5, 5.41) is 5.10. The summed E-state index contributed by atoms with van der Waals surface area (Å²) in [6.07, 6.45) is 3.76. The molecule has 0 aliphatic heterocycles. The van der Waals surface area contributed by atoms with Gasteiger partial charge in [-0.2, -0.15) is 0 Å². The van der Waals surface area contributed by atoms with Gasteiger partial charge in [0.2, 0.25) is 0 Å². The molecule has 1 radical (unpaired) electrons. The molecule has 2 heterocycles. The van der Waals surface area contributed by atoms with E-state index in [1.807, 2.05) is 48.8 Å². The van der Waals surface area contributed by atoms with Gasteiger partial charge in [-0.15, -0.1) is 70.8 Å². The van der Waals surface area contributed by atoms with Crippen molar-refractivity contribution in [2.75, 3.05) is 0 Å². The molecule has 0 aliphatic rings. The molecule has 8 aromatic rings. The number of aryl methyl sites for hydroxylation is 2. The molecule has 0 amide bonds. The van der Waals surface area contributed by atoms with Gasteiger partial charge in [0.05, 0.1) is 0 Å². The van der Waals surface area contributed by atoms with Gasteiger partial charge in [0, 0.05) is 32.5 Å². The fourth-order valence-corrected chi connectivity index (χ4v) is 5.86. The third kappa shape index (κ3) is 6.98. The first kappa shape index (κ1) is 31.8. The summed E-state index contributed by atoms with van der Waals surface area (Å²) in [5.41, 5.74) is 11.2. The SMILES string of the molecule is Cc1c[c-]c(-c2cc(-c3ccccc3)c(C)cn2)cc1.[Ir].[c-]1ccc(-c2cc3ccccc3c3ccccc23)cc1-c1ccccn1. The molecule has 0 saturated heterocycles. The van der Waals surface area contributed by atoms with Crippen molar-refractivity contribution in [3.8, 4) is 44.8 Å². The molecule has 0 bridgehead atoms. The van der Waals surface area contributed by atoms with E-state index in [0.29, 0.717) is 0 Å². The number of nitrogens with zero attached hydrogens (tertiary/aromatic N) is 2. The zero-order chi connectivity index (χ0) is 31.3. The van der Waals surface area contributed by atoms with Crippen molar-refractivity contribution in [1.82, 2.24) is 9.97 Å². The van der Waals surface area contributed by atoms with E-state index >= 15 is 0 Å². The second-order valence-corrected chi connectivity index (χ2v) is 11.4. The molecule has 0 aliphatic carbocycles. The Labute approximate surface area is 290 Å². The minimum absolute atomic E-state index is 0. The van der Waals surface area contributed by atoms with Crippen molar-refractivity contribution in [3.05, 3.63) is 181 Å². The molecule has 3 heteroatoms. The molecule has 0 spiro atoms. The van der Waals surface area contributed by atoms with E-state index in [1.165, 1.54) is 54.9 Å². The Balaban J connectivity index is 0.000000167. The van der Waals surface area contributed by atoms with Gasteiger partial charge >= 0.3 is 0 Å². The summed E-state index contributed by atoms with van der Waals surface area (Å²) in [6, 6.07) is 57.1. The Morgan fingerprint density at radius 2 is 1.26 bits per heavy atom. The molecule has 47 heavy (non-hydrogen) atoms. The van der Waals surface area contributed by atoms with Crippen LogP contribution in [-0.2, 0) is 20.1 Å². The molecule has 229 valence electrons. The predicted molar refractivity (Wildman–Crippen MR) is 192 cm³/mol. The first-order valence-electron chi connectivity index (χ1n) is 15.5. The number of aromatic nitrogens is 2. The second kappa shape index (κ2) is 14.5. The summed E-state index contributed by atoms with van der Waals surface area (Å²) in [5.74, 6) is 0. The average Bonchev–Trinajstić information content (AvgIpc) is 3.13. The van der Waals surface area contributed by atoms with Crippen molar-refractivity contribution < 1.29 is 20.1 Å². The second-order valence-electron chi connectivity index (χ2n) is 11.4. The molecule has 6 aromatic carbocycles. The van der Waals surface area contributed by atoms with E-state index in [-0.39, 0.29) is 20.1 Å². The fourth-order valence-electron chi connectivity index (χ4n) is 5.86. The number of hydrogen-bond acceptors (Lipinski definition) is 2. The van der Waals surface area contributed by atoms with Crippen molar-refractivity contribution in [2.24, 2.45) is 0 Å². The van der Waals surface area contributed by atoms with Crippen molar-refractivity contribution in [1.29, 1.82) is 0 Å². The Morgan fingerprint density at radius 3 is 2.02 bits per heavy atom. The smallest absolute Gasteiger partial charge is 0.0196 e. The minimum Gasteiger partial charge on any atom is -0.305 e. The quantitative estimate of drug-likeness (QED) is 0.131. The van der Waals surface area contributed by atoms with Gasteiger partial charge in [-0.05, 0) is 74.2 Å². The summed E-state index contributed by atoms with van der Waals surface area (Å²) in [7, 11) is 0. The van der Waals surface area contributed by atoms with Gasteiger partial charge in [-0.1, -0.05) is 104 Å². The summed E-state index contributed by atoms with van der Waals surface area (Å²) in [4.78, 5) is 9.00. The molecule has 0 unspecified atom stereocenters. The molecular formula is C44H32IrN2-2. The number of pyridine rings is 2. The van der Waals surface area contributed by atoms with E-state index in [4.69, 9.17) is 0 Å². The number of hydrogen-bond donors (Lipinski definition) is 0. The van der Waals surface area contributed by atoms with Crippen LogP contribution in [0.25, 0.3) is 66.3 Å². The normalized spacial score (nSPS) is 10.6. The van der Waals surface area contributed by atoms with Gasteiger partial charge in [-0.3, -0.25) is 0 Å². The van der Waals surface area contributed by atoms with Crippen LogP contribution in [0.1, 0.15) is 11.1 Å². The van der Waals surface area contributed by atoms with E-state index in [1.54, 1.807) is 0 Å². The van der Waals surface area contributed by atoms with Crippen LogP contribution in [0.15, 0.2) is 158 Å². The topological polar surface area (TPSA) is 25.8 Å². The van der Waals surface area contributed by atoms with Gasteiger partial charge in [0.1, 0.15) is 0 Å². The van der Waals surface area contributed by atoms with Crippen LogP contribution in [-0.4, -0.2) is 9.97 Å². The molecule has 0 saturated carbocycles. The average molecular weight is 781 g/mol. The molecule has 0 atom stereocenters. The first-order valence-corrected chi connectivity index (χ1v) is 15.5. The molecule has 0 fully saturated rings. The number of fused-ring (bicyclic) bond motifs is 3. The third-order valence-corrected chi connectivity index (χ3v) is 8.25. The largest absolute Gasteiger partial charge is 0.305 e. The molecule has 2 nitrogen and oxygen atoms in total. The van der Waals surface area contributed by atoms with E-state index in [2.05, 4.69) is 145 Å². The Morgan fingerprint density at radius 1 is 0.511 bits per heavy atom. The molecule has 2 aromatic heterocycles. The van der Waals surface area contributed by atoms with Crippen LogP contribution in [0.3, 0.4) is 0 Å². The van der Waals surface area contributed by atoms with Crippen molar-refractivity contribution in [3.63, 3.8) is 0 Å². The van der Waals surface area contributed by atoms with Crippen LogP contribution in [0.5, 0.6) is 0 Å². The molecule has 8 rings (SSSR count). The van der Waals surface area contributed by atoms with Crippen LogP contribution >= 0.6 is 0 Å². The number of rotatable bonds is 4. The maximum atomic E-state index is 4.53. The predicted octanol–water partition coefficient (Wildman–Crippen LogP) is 11.4. The van der Waals surface area contributed by atoms with Gasteiger partial charge in [-0.25, -0.2) is 0 Å². The summed E-state index contributed by atoms with van der Waals surface area (Å²) < 4.78 is 0. The first-order chi connectivity index (χ1) is 22.6. The van der Waals surface area contributed by atoms with Crippen molar-refractivity contribution >= 4 is 21.5 Å². The van der Waals surface area contributed by atoms with Crippen LogP contribution in [0.4, 0.5) is 0 Å². The van der Waals surface area contributed by atoms with Crippen molar-refractivity contribution in [2.45, 2.75) is 13.8 Å². The van der Waals surface area contributed by atoms with E-state index in [0.717, 1.165) is 22.5 Å². The fraction of sp³-hybridized carbons (Fsp3) is 0.0455. The Hall–Kier alpha value is -5.21. The maximum Gasteiger partial charge on any atom is 0.0196 e. The maximum absolute atomic E-state index is 4.53. The Bertz CT molecular complexity index is 2260. The minimum atomic E-state index is 0. The van der Waals surface area contributed by atoms with Gasteiger partial charge < -0.3 is 9.97 Å². The standard InChI is InChI=1S/C25H16N.C19H16N.Ir/c1-2-11-21-19(8-1)17-24(23-13-4-3-12-22(21)23)18-9-7-10-20(16-18)25-14-5-6-15-26-25;1-14-8-10-17(11-9-14)19-12-18(15(2)13-20-19)16-6-4-3-5-7-16;/h1-9,11-17H;3-10,12-13H,1-2H3;/q2*-1;. The van der Waals surface area contributed by atoms with E-state index < -0.39 is 0 Å². The molecule has 0 N–H and O–H groups in total. The molecular weight excluding hydrogens is 749 g/mol. The van der Waals surface area contributed by atoms with Crippen LogP contribution < -0.4 is 0 Å². The summed E-state index contributed by atoms with van der Waals surface area (Å²) in [6.45, 7) is 4.16. The van der Waals surface area contributed by atoms with Gasteiger partial charge in [0.15, 0.2) is 0 Å². The van der Waals surface area contributed by atoms with E-state index in [9.17, 15) is 0 Å². The van der Waals surface area contributed by atoms with Crippen LogP contribution in [0.2, 0.25) is 0 Å². The van der Waals surface area contributed by atoms with Crippen LogP contribution in [0, 0.1) is 26.0 Å². The zero-order valence-electron chi connectivity index (χ0n) is 26.2. The third-order valence-electron chi connectivity index (χ3n) is 8.25. The summed E-state index contributed by atoms with van der Waals surface area (Å²) >= 11 is 0.